The standard InChI is InChI=1S/C51H77N7O12/c1-12-40-51(8)44(58(49(64)70-51)24-17-16-23-57-30-39(54-55-57)37-21-18-22-38(52)27-37)34(5)53-29-31(2)28-50(7,65-11)45(32(3)42(60)33(4)46(62)68-40)69-48(43(61)41(35(6)59)56(9)10)67-26-25-66-47(63)36-19-14-13-15-20-36/h13-15,18-22,27,30-35,40-41,43-45,48,53,59,61H,12,16-17,23-26,28-29,52H2,1-11H3/t31-,32+,33-,34-,35-,40-,41?,43?,44-,45-,48+,50-,51-/m1/s1. The minimum absolute atomic E-state index is 0.144. The fourth-order valence-electron chi connectivity index (χ4n) is 10.2. The van der Waals surface area contributed by atoms with Crippen LogP contribution in [0, 0.1) is 17.8 Å². The van der Waals surface area contributed by atoms with Gasteiger partial charge in [0.2, 0.25) is 0 Å². The summed E-state index contributed by atoms with van der Waals surface area (Å²) in [6.07, 6.45) is -2.91. The van der Waals surface area contributed by atoms with E-state index in [0.717, 1.165) is 5.56 Å². The van der Waals surface area contributed by atoms with Crippen LogP contribution in [0.5, 0.6) is 0 Å². The number of ketones is 1. The number of aryl methyl sites for hydroxylation is 1. The monoisotopic (exact) mass is 980 g/mol. The Morgan fingerprint density at radius 2 is 1.71 bits per heavy atom. The third-order valence-electron chi connectivity index (χ3n) is 13.9. The van der Waals surface area contributed by atoms with Crippen LogP contribution in [-0.2, 0) is 44.6 Å². The van der Waals surface area contributed by atoms with E-state index in [9.17, 15) is 29.4 Å². The molecule has 0 bridgehead atoms. The molecule has 5 N–H and O–H groups in total. The van der Waals surface area contributed by atoms with E-state index < -0.39 is 89.6 Å². The Hall–Kier alpha value is -5.02. The molecule has 2 unspecified atom stereocenters. The summed E-state index contributed by atoms with van der Waals surface area (Å²) in [4.78, 5) is 59.0. The normalized spacial score (nSPS) is 28.7. The van der Waals surface area contributed by atoms with E-state index in [2.05, 4.69) is 15.6 Å². The molecule has 2 aromatic carbocycles. The molecule has 1 aromatic heterocycles. The lowest BCUT2D eigenvalue weighted by atomic mass is 9.78. The van der Waals surface area contributed by atoms with Crippen molar-refractivity contribution in [1.82, 2.24) is 30.1 Å². The van der Waals surface area contributed by atoms with Crippen LogP contribution in [0.4, 0.5) is 10.5 Å². The summed E-state index contributed by atoms with van der Waals surface area (Å²) in [7, 11) is 4.89. The van der Waals surface area contributed by atoms with Crippen LogP contribution in [0.25, 0.3) is 11.3 Å². The number of unbranched alkanes of at least 4 members (excludes halogenated alkanes) is 1. The number of cyclic esters (lactones) is 1. The van der Waals surface area contributed by atoms with E-state index in [1.165, 1.54) is 21.0 Å². The van der Waals surface area contributed by atoms with Gasteiger partial charge < -0.3 is 54.6 Å². The third-order valence-corrected chi connectivity index (χ3v) is 13.9. The molecule has 2 fully saturated rings. The van der Waals surface area contributed by atoms with Gasteiger partial charge in [0.15, 0.2) is 17.7 Å². The van der Waals surface area contributed by atoms with Crippen molar-refractivity contribution in [2.24, 2.45) is 17.8 Å². The molecule has 0 spiro atoms. The number of carbonyl (C=O) groups is 4. The fourth-order valence-corrected chi connectivity index (χ4v) is 10.2. The number of amides is 1. The van der Waals surface area contributed by atoms with Gasteiger partial charge >= 0.3 is 18.0 Å². The first-order valence-corrected chi connectivity index (χ1v) is 24.5. The topological polar surface area (TPSA) is 239 Å². The number of nitrogen functional groups attached to an aromatic ring is 1. The summed E-state index contributed by atoms with van der Waals surface area (Å²) in [5, 5.41) is 35.1. The molecule has 388 valence electrons. The van der Waals surface area contributed by atoms with Gasteiger partial charge in [-0.25, -0.2) is 9.59 Å². The van der Waals surface area contributed by atoms with Gasteiger partial charge in [-0.1, -0.05) is 56.3 Å². The molecular weight excluding hydrogens is 903 g/mol. The zero-order chi connectivity index (χ0) is 51.5. The van der Waals surface area contributed by atoms with Crippen molar-refractivity contribution in [1.29, 1.82) is 0 Å². The minimum Gasteiger partial charge on any atom is -0.460 e. The van der Waals surface area contributed by atoms with Gasteiger partial charge in [-0.3, -0.25) is 19.2 Å². The number of hydrogen-bond donors (Lipinski definition) is 4. The number of methoxy groups -OCH3 is 1. The van der Waals surface area contributed by atoms with Gasteiger partial charge in [0.05, 0.1) is 48.3 Å². The summed E-state index contributed by atoms with van der Waals surface area (Å²) in [6, 6.07) is 14.0. The van der Waals surface area contributed by atoms with E-state index in [1.54, 1.807) is 79.7 Å². The number of likely N-dealkylation sites (N-methyl/N-ethyl adjacent to an activating group) is 1. The number of benzene rings is 2. The van der Waals surface area contributed by atoms with Crippen molar-refractivity contribution in [3.63, 3.8) is 0 Å². The number of nitrogens with two attached hydrogens (primary N) is 1. The molecule has 2 saturated heterocycles. The maximum absolute atomic E-state index is 14.7. The maximum Gasteiger partial charge on any atom is 0.410 e. The molecule has 2 aliphatic rings. The number of Topliss-reactive ketones (excluding diaryl/α,β-unsaturated/α-hetero) is 1. The Labute approximate surface area is 412 Å². The van der Waals surface area contributed by atoms with Gasteiger partial charge in [-0.05, 0) is 111 Å². The molecule has 0 saturated carbocycles. The van der Waals surface area contributed by atoms with Crippen molar-refractivity contribution in [3.8, 4) is 11.3 Å². The third kappa shape index (κ3) is 13.5. The number of nitrogens with one attached hydrogen (secondary N) is 1. The number of nitrogens with zero attached hydrogens (tertiary/aromatic N) is 5. The number of ether oxygens (including phenoxy) is 6. The number of fused-ring (bicyclic) bond motifs is 1. The highest BCUT2D eigenvalue weighted by Crippen LogP contribution is 2.40. The Morgan fingerprint density at radius 3 is 2.36 bits per heavy atom. The zero-order valence-electron chi connectivity index (χ0n) is 42.8. The first-order chi connectivity index (χ1) is 33.1. The quantitative estimate of drug-likeness (QED) is 0.0317. The van der Waals surface area contributed by atoms with Crippen LogP contribution in [0.15, 0.2) is 60.8 Å². The number of aromatic nitrogens is 3. The Bertz CT molecular complexity index is 2170. The molecule has 0 radical (unpaired) electrons. The van der Waals surface area contributed by atoms with Crippen LogP contribution < -0.4 is 11.1 Å². The number of aliphatic hydroxyl groups excluding tert-OH is 2. The molecule has 1 amide bonds. The van der Waals surface area contributed by atoms with E-state index in [1.807, 2.05) is 51.2 Å². The van der Waals surface area contributed by atoms with Crippen molar-refractivity contribution in [3.05, 3.63) is 66.4 Å². The molecule has 5 rings (SSSR count). The van der Waals surface area contributed by atoms with Gasteiger partial charge in [0.1, 0.15) is 30.4 Å². The number of hydrogen-bond acceptors (Lipinski definition) is 17. The number of anilines is 1. The first-order valence-electron chi connectivity index (χ1n) is 24.5. The maximum atomic E-state index is 14.7. The minimum atomic E-state index is -1.49. The predicted octanol–water partition coefficient (Wildman–Crippen LogP) is 4.73. The molecule has 13 atom stereocenters. The molecular formula is C51H77N7O12. The largest absolute Gasteiger partial charge is 0.460 e. The van der Waals surface area contributed by atoms with Crippen LogP contribution in [0.3, 0.4) is 0 Å². The number of esters is 2. The first kappa shape index (κ1) is 55.9. The summed E-state index contributed by atoms with van der Waals surface area (Å²) < 4.78 is 38.9. The number of aliphatic hydroxyl groups is 2. The lowest BCUT2D eigenvalue weighted by Crippen LogP contribution is -2.61. The van der Waals surface area contributed by atoms with Gasteiger partial charge in [-0.15, -0.1) is 5.10 Å². The lowest BCUT2D eigenvalue weighted by molar-refractivity contribution is -0.271. The molecule has 19 heteroatoms. The van der Waals surface area contributed by atoms with Gasteiger partial charge in [-0.2, -0.15) is 0 Å². The molecule has 19 nitrogen and oxygen atoms in total. The summed E-state index contributed by atoms with van der Waals surface area (Å²) in [6.45, 7) is 15.0. The second-order valence-corrected chi connectivity index (χ2v) is 19.6. The fraction of sp³-hybridized carbons (Fsp3) is 0.647. The number of carbonyl (C=O) groups excluding carboxylic acids is 4. The van der Waals surface area contributed by atoms with Gasteiger partial charge in [0, 0.05) is 43.4 Å². The highest BCUT2D eigenvalue weighted by atomic mass is 16.7. The van der Waals surface area contributed by atoms with Crippen molar-refractivity contribution < 1.29 is 57.8 Å². The summed E-state index contributed by atoms with van der Waals surface area (Å²) in [5.74, 6) is -4.41. The van der Waals surface area contributed by atoms with Crippen LogP contribution >= 0.6 is 0 Å². The Kier molecular flexibility index (Phi) is 19.9. The lowest BCUT2D eigenvalue weighted by Gasteiger charge is -2.44. The smallest absolute Gasteiger partial charge is 0.410 e. The SMILES string of the molecule is CC[C@H]1OC(=O)[C@H](C)C(=O)[C@H](C)[C@@H](O[C@H](OCCOC(=O)c2ccccc2)C(O)C([C@@H](C)O)N(C)C)[C@](C)(OC)C[C@@H](C)CN[C@H](C)[C@H]2N(CCCCn3cc(-c4cccc(N)c4)nn3)C(=O)O[C@]12C. The van der Waals surface area contributed by atoms with E-state index >= 15 is 0 Å². The molecule has 0 aliphatic carbocycles. The highest BCUT2D eigenvalue weighted by Gasteiger charge is 2.58. The number of rotatable bonds is 19. The Morgan fingerprint density at radius 1 is 1.01 bits per heavy atom. The van der Waals surface area contributed by atoms with E-state index in [0.29, 0.717) is 55.8 Å². The molecule has 70 heavy (non-hydrogen) atoms. The average molecular weight is 980 g/mol. The van der Waals surface area contributed by atoms with E-state index in [4.69, 9.17) is 34.2 Å². The predicted molar refractivity (Wildman–Crippen MR) is 261 cm³/mol. The molecule has 2 aliphatic heterocycles. The van der Waals surface area contributed by atoms with Crippen molar-refractivity contribution in [2.75, 3.05) is 53.2 Å². The van der Waals surface area contributed by atoms with Crippen molar-refractivity contribution >= 4 is 29.5 Å². The second-order valence-electron chi connectivity index (χ2n) is 19.6. The van der Waals surface area contributed by atoms with Crippen LogP contribution in [0.1, 0.15) is 91.4 Å². The Balaban J connectivity index is 1.39. The molecule has 3 aromatic rings. The summed E-state index contributed by atoms with van der Waals surface area (Å²) >= 11 is 0. The average Bonchev–Trinajstić information content (AvgIpc) is 3.91. The zero-order valence-corrected chi connectivity index (χ0v) is 42.8. The van der Waals surface area contributed by atoms with E-state index in [-0.39, 0.29) is 31.6 Å². The van der Waals surface area contributed by atoms with Gasteiger partial charge in [0.25, 0.3) is 0 Å². The second kappa shape index (κ2) is 24.9. The van der Waals surface area contributed by atoms with Crippen LogP contribution in [-0.4, -0.2) is 166 Å². The molecule has 3 heterocycles. The van der Waals surface area contributed by atoms with Crippen molar-refractivity contribution in [2.45, 2.75) is 148 Å². The van der Waals surface area contributed by atoms with Crippen LogP contribution in [0.2, 0.25) is 0 Å². The summed E-state index contributed by atoms with van der Waals surface area (Å²) in [5.41, 5.74) is 5.97. The highest BCUT2D eigenvalue weighted by molar-refractivity contribution is 6.00.